The Hall–Kier alpha value is -1.32. The molecule has 0 aromatic rings. The molecule has 6 nitrogen and oxygen atoms in total. The van der Waals surface area contributed by atoms with Crippen molar-refractivity contribution < 1.29 is 14.6 Å². The van der Waals surface area contributed by atoms with Crippen molar-refractivity contribution in [2.45, 2.75) is 51.7 Å². The Morgan fingerprint density at radius 3 is 2.64 bits per heavy atom. The van der Waals surface area contributed by atoms with Gasteiger partial charge in [0, 0.05) is 19.6 Å². The van der Waals surface area contributed by atoms with E-state index >= 15 is 0 Å². The number of nitriles is 1. The average molecular weight is 311 g/mol. The molecule has 0 unspecified atom stereocenters. The molecule has 1 rings (SSSR count). The number of carbonyl (C=O) groups is 1. The first-order valence-electron chi connectivity index (χ1n) is 7.79. The smallest absolute Gasteiger partial charge is 0.410 e. The monoisotopic (exact) mass is 311 g/mol. The zero-order chi connectivity index (χ0) is 17.0. The van der Waals surface area contributed by atoms with Crippen LogP contribution in [0.5, 0.6) is 0 Å². The second-order valence-electron chi connectivity index (χ2n) is 7.52. The van der Waals surface area contributed by atoms with Crippen molar-refractivity contribution in [3.8, 4) is 6.07 Å². The molecule has 126 valence electrons. The summed E-state index contributed by atoms with van der Waals surface area (Å²) in [5.41, 5.74) is -1.24. The number of aliphatic hydroxyl groups is 1. The summed E-state index contributed by atoms with van der Waals surface area (Å²) in [6.45, 7) is 6.91. The number of hydrogen-bond donors (Lipinski definition) is 1. The molecule has 0 bridgehead atoms. The number of likely N-dealkylation sites (N-methyl/N-ethyl adjacent to an activating group) is 1. The summed E-state index contributed by atoms with van der Waals surface area (Å²) in [6.07, 6.45) is 0.873. The zero-order valence-electron chi connectivity index (χ0n) is 14.4. The predicted molar refractivity (Wildman–Crippen MR) is 84.3 cm³/mol. The van der Waals surface area contributed by atoms with E-state index in [9.17, 15) is 15.2 Å². The second-order valence-corrected chi connectivity index (χ2v) is 7.52. The lowest BCUT2D eigenvalue weighted by molar-refractivity contribution is 0.00243. The number of piperidine rings is 1. The minimum Gasteiger partial charge on any atom is -0.444 e. The molecule has 0 saturated carbocycles. The first-order chi connectivity index (χ1) is 10.1. The molecular weight excluding hydrogens is 282 g/mol. The molecule has 0 radical (unpaired) electrons. The first kappa shape index (κ1) is 18.7. The summed E-state index contributed by atoms with van der Waals surface area (Å²) in [5.74, 6) is 0. The lowest BCUT2D eigenvalue weighted by Crippen LogP contribution is -2.49. The van der Waals surface area contributed by atoms with E-state index < -0.39 is 17.1 Å². The highest BCUT2D eigenvalue weighted by Crippen LogP contribution is 2.34. The Morgan fingerprint density at radius 2 is 2.14 bits per heavy atom. The number of carbonyl (C=O) groups excluding carboxylic acids is 1. The van der Waals surface area contributed by atoms with Gasteiger partial charge in [-0.1, -0.05) is 0 Å². The van der Waals surface area contributed by atoms with Crippen LogP contribution in [0.25, 0.3) is 0 Å². The highest BCUT2D eigenvalue weighted by atomic mass is 16.6. The van der Waals surface area contributed by atoms with Gasteiger partial charge in [-0.15, -0.1) is 0 Å². The van der Waals surface area contributed by atoms with Gasteiger partial charge in [-0.05, 0) is 54.1 Å². The fourth-order valence-electron chi connectivity index (χ4n) is 2.85. The number of ether oxygens (including phenoxy) is 1. The van der Waals surface area contributed by atoms with Crippen molar-refractivity contribution in [3.05, 3.63) is 0 Å². The van der Waals surface area contributed by atoms with Gasteiger partial charge in [0.25, 0.3) is 0 Å². The van der Waals surface area contributed by atoms with Gasteiger partial charge in [-0.2, -0.15) is 5.26 Å². The molecule has 1 heterocycles. The fourth-order valence-corrected chi connectivity index (χ4v) is 2.85. The summed E-state index contributed by atoms with van der Waals surface area (Å²) >= 11 is 0. The standard InChI is InChI=1S/C16H29N3O3/c1-15(2,3)22-14(21)19-8-6-7-16(11-17,12-19)9-13(20)10-18(4)5/h13,20H,6-10,12H2,1-5H3/t13-,16-/m0/s1. The van der Waals surface area contributed by atoms with Crippen LogP contribution in [0.15, 0.2) is 0 Å². The van der Waals surface area contributed by atoms with E-state index in [0.717, 1.165) is 6.42 Å². The summed E-state index contributed by atoms with van der Waals surface area (Å²) in [6, 6.07) is 2.34. The van der Waals surface area contributed by atoms with Crippen molar-refractivity contribution in [1.29, 1.82) is 5.26 Å². The van der Waals surface area contributed by atoms with Crippen LogP contribution in [-0.2, 0) is 4.74 Å². The molecule has 22 heavy (non-hydrogen) atoms. The van der Waals surface area contributed by atoms with Crippen LogP contribution in [0.1, 0.15) is 40.0 Å². The Balaban J connectivity index is 2.73. The average Bonchev–Trinajstić information content (AvgIpc) is 2.35. The third kappa shape index (κ3) is 5.82. The van der Waals surface area contributed by atoms with E-state index in [1.54, 1.807) is 4.90 Å². The Labute approximate surface area is 133 Å². The van der Waals surface area contributed by atoms with Crippen molar-refractivity contribution in [3.63, 3.8) is 0 Å². The van der Waals surface area contributed by atoms with Crippen molar-refractivity contribution in [2.75, 3.05) is 33.7 Å². The van der Waals surface area contributed by atoms with Gasteiger partial charge < -0.3 is 19.6 Å². The minimum absolute atomic E-state index is 0.322. The quantitative estimate of drug-likeness (QED) is 0.857. The molecule has 1 fully saturated rings. The molecule has 6 heteroatoms. The van der Waals surface area contributed by atoms with Gasteiger partial charge in [0.15, 0.2) is 0 Å². The van der Waals surface area contributed by atoms with Crippen LogP contribution in [-0.4, -0.2) is 66.4 Å². The van der Waals surface area contributed by atoms with Gasteiger partial charge >= 0.3 is 6.09 Å². The largest absolute Gasteiger partial charge is 0.444 e. The number of aliphatic hydroxyl groups excluding tert-OH is 1. The van der Waals surface area contributed by atoms with Gasteiger partial charge in [-0.25, -0.2) is 4.79 Å². The van der Waals surface area contributed by atoms with Crippen molar-refractivity contribution >= 4 is 6.09 Å². The minimum atomic E-state index is -0.690. The first-order valence-corrected chi connectivity index (χ1v) is 7.79. The third-order valence-electron chi connectivity index (χ3n) is 3.67. The maximum absolute atomic E-state index is 12.2. The Morgan fingerprint density at radius 1 is 1.50 bits per heavy atom. The lowest BCUT2D eigenvalue weighted by atomic mass is 9.77. The van der Waals surface area contributed by atoms with E-state index in [4.69, 9.17) is 4.74 Å². The molecule has 1 aliphatic heterocycles. The molecule has 0 spiro atoms. The van der Waals surface area contributed by atoms with Crippen molar-refractivity contribution in [2.24, 2.45) is 5.41 Å². The maximum Gasteiger partial charge on any atom is 0.410 e. The number of likely N-dealkylation sites (tertiary alicyclic amines) is 1. The molecule has 1 saturated heterocycles. The van der Waals surface area contributed by atoms with Crippen LogP contribution in [0.4, 0.5) is 4.79 Å². The van der Waals surface area contributed by atoms with Gasteiger partial charge in [-0.3, -0.25) is 0 Å². The third-order valence-corrected chi connectivity index (χ3v) is 3.67. The molecule has 1 aliphatic rings. The SMILES string of the molecule is CN(C)C[C@@H](O)C[C@]1(C#N)CCCN(C(=O)OC(C)(C)C)C1. The van der Waals surface area contributed by atoms with E-state index in [-0.39, 0.29) is 6.09 Å². The number of amides is 1. The summed E-state index contributed by atoms with van der Waals surface area (Å²) in [5, 5.41) is 19.8. The topological polar surface area (TPSA) is 76.8 Å². The maximum atomic E-state index is 12.2. The normalized spacial score (nSPS) is 24.0. The molecule has 2 atom stereocenters. The lowest BCUT2D eigenvalue weighted by Gasteiger charge is -2.39. The molecular formula is C16H29N3O3. The molecule has 1 N–H and O–H groups in total. The van der Waals surface area contributed by atoms with Crippen LogP contribution in [0.2, 0.25) is 0 Å². The Bertz CT molecular complexity index is 425. The van der Waals surface area contributed by atoms with E-state index in [2.05, 4.69) is 6.07 Å². The highest BCUT2D eigenvalue weighted by molar-refractivity contribution is 5.68. The summed E-state index contributed by atoms with van der Waals surface area (Å²) in [7, 11) is 3.77. The van der Waals surface area contributed by atoms with Gasteiger partial charge in [0.05, 0.1) is 17.6 Å². The summed E-state index contributed by atoms with van der Waals surface area (Å²) < 4.78 is 5.39. The Kier molecular flexibility index (Phi) is 6.21. The number of rotatable bonds is 4. The fraction of sp³-hybridized carbons (Fsp3) is 0.875. The van der Waals surface area contributed by atoms with E-state index in [0.29, 0.717) is 32.5 Å². The molecule has 0 aliphatic carbocycles. The molecule has 0 aromatic carbocycles. The van der Waals surface area contributed by atoms with Crippen LogP contribution < -0.4 is 0 Å². The van der Waals surface area contributed by atoms with Crippen molar-refractivity contribution in [1.82, 2.24) is 9.80 Å². The molecule has 1 amide bonds. The number of hydrogen-bond acceptors (Lipinski definition) is 5. The van der Waals surface area contributed by atoms with Crippen LogP contribution in [0.3, 0.4) is 0 Å². The highest BCUT2D eigenvalue weighted by Gasteiger charge is 2.40. The van der Waals surface area contributed by atoms with E-state index in [1.165, 1.54) is 0 Å². The van der Waals surface area contributed by atoms with Gasteiger partial charge in [0.1, 0.15) is 5.60 Å². The predicted octanol–water partition coefficient (Wildman–Crippen LogP) is 1.84. The summed E-state index contributed by atoms with van der Waals surface area (Å²) in [4.78, 5) is 15.7. The zero-order valence-corrected chi connectivity index (χ0v) is 14.4. The number of nitrogens with zero attached hydrogens (tertiary/aromatic N) is 3. The van der Waals surface area contributed by atoms with Gasteiger partial charge in [0.2, 0.25) is 0 Å². The molecule has 0 aromatic heterocycles. The van der Waals surface area contributed by atoms with Crippen LogP contribution >= 0.6 is 0 Å². The van der Waals surface area contributed by atoms with E-state index in [1.807, 2.05) is 39.8 Å². The van der Waals surface area contributed by atoms with Crippen LogP contribution in [0, 0.1) is 16.7 Å². The second kappa shape index (κ2) is 7.30.